The number of fused-ring (bicyclic) bond motifs is 1. The van der Waals surface area contributed by atoms with Gasteiger partial charge in [0.05, 0.1) is 22.4 Å². The number of hydrogen-bond acceptors (Lipinski definition) is 4. The van der Waals surface area contributed by atoms with E-state index >= 15 is 0 Å². The molecule has 0 radical (unpaired) electrons. The van der Waals surface area contributed by atoms with Crippen molar-refractivity contribution in [3.8, 4) is 16.9 Å². The van der Waals surface area contributed by atoms with Crippen LogP contribution in [0.15, 0.2) is 72.8 Å². The van der Waals surface area contributed by atoms with E-state index in [1.165, 1.54) is 0 Å². The average molecular weight is 567 g/mol. The van der Waals surface area contributed by atoms with Crippen molar-refractivity contribution in [2.24, 2.45) is 5.92 Å². The number of amides is 2. The first kappa shape index (κ1) is 28.7. The van der Waals surface area contributed by atoms with Crippen molar-refractivity contribution in [3.63, 3.8) is 0 Å². The molecular weight excluding hydrogens is 528 g/mol. The van der Waals surface area contributed by atoms with Gasteiger partial charge in [0.1, 0.15) is 12.4 Å². The van der Waals surface area contributed by atoms with Crippen LogP contribution in [-0.2, 0) is 9.59 Å². The minimum Gasteiger partial charge on any atom is -0.352 e. The molecule has 1 aliphatic heterocycles. The number of anilines is 1. The number of nitrogens with one attached hydrogen (secondary N) is 1. The molecule has 3 aromatic carbocycles. The van der Waals surface area contributed by atoms with Crippen LogP contribution in [-0.4, -0.2) is 39.9 Å². The number of nitrogens with zero attached hydrogens (tertiary/aromatic N) is 3. The van der Waals surface area contributed by atoms with Crippen molar-refractivity contribution in [2.75, 3.05) is 17.2 Å². The van der Waals surface area contributed by atoms with Crippen LogP contribution in [0.1, 0.15) is 53.8 Å². The van der Waals surface area contributed by atoms with Gasteiger partial charge in [-0.3, -0.25) is 14.5 Å². The number of rotatable bonds is 7. The molecule has 212 valence electrons. The molecule has 5 rings (SSSR count). The fourth-order valence-electron chi connectivity index (χ4n) is 5.17. The molecule has 6 nitrogen and oxygen atoms in total. The summed E-state index contributed by atoms with van der Waals surface area (Å²) >= 11 is 1.59. The second kappa shape index (κ2) is 12.0. The van der Waals surface area contributed by atoms with E-state index in [9.17, 15) is 9.59 Å². The van der Waals surface area contributed by atoms with Gasteiger partial charge in [-0.25, -0.2) is 4.68 Å². The van der Waals surface area contributed by atoms with Crippen LogP contribution in [0.25, 0.3) is 16.9 Å². The van der Waals surface area contributed by atoms with Crippen molar-refractivity contribution < 1.29 is 9.59 Å². The highest BCUT2D eigenvalue weighted by Crippen LogP contribution is 2.48. The van der Waals surface area contributed by atoms with Gasteiger partial charge in [0, 0.05) is 17.2 Å². The third-order valence-corrected chi connectivity index (χ3v) is 9.23. The lowest BCUT2D eigenvalue weighted by Crippen LogP contribution is -2.46. The molecule has 0 saturated heterocycles. The van der Waals surface area contributed by atoms with Crippen LogP contribution in [0, 0.1) is 26.7 Å². The molecule has 1 N–H and O–H groups in total. The van der Waals surface area contributed by atoms with E-state index < -0.39 is 0 Å². The summed E-state index contributed by atoms with van der Waals surface area (Å²) in [6.07, 6.45) is 0. The first-order valence-electron chi connectivity index (χ1n) is 14.2. The Balaban J connectivity index is 1.79. The molecule has 0 fully saturated rings. The summed E-state index contributed by atoms with van der Waals surface area (Å²) in [7, 11) is 0. The van der Waals surface area contributed by atoms with E-state index in [2.05, 4.69) is 82.4 Å². The van der Waals surface area contributed by atoms with Crippen LogP contribution in [0.3, 0.4) is 0 Å². The van der Waals surface area contributed by atoms with Gasteiger partial charge in [0.25, 0.3) is 0 Å². The molecule has 2 unspecified atom stereocenters. The number of aryl methyl sites for hydroxylation is 2. The smallest absolute Gasteiger partial charge is 0.240 e. The van der Waals surface area contributed by atoms with Crippen molar-refractivity contribution >= 4 is 29.4 Å². The van der Waals surface area contributed by atoms with Gasteiger partial charge in [-0.15, -0.1) is 11.8 Å². The lowest BCUT2D eigenvalue weighted by atomic mass is 9.98. The van der Waals surface area contributed by atoms with Gasteiger partial charge < -0.3 is 5.32 Å². The molecule has 2 atom stereocenters. The predicted molar refractivity (Wildman–Crippen MR) is 169 cm³/mol. The highest BCUT2D eigenvalue weighted by atomic mass is 32.2. The van der Waals surface area contributed by atoms with Crippen molar-refractivity contribution in [1.29, 1.82) is 0 Å². The van der Waals surface area contributed by atoms with Gasteiger partial charge in [-0.05, 0) is 56.4 Å². The second-order valence-corrected chi connectivity index (χ2v) is 12.4. The summed E-state index contributed by atoms with van der Waals surface area (Å²) in [5.41, 5.74) is 8.10. The molecule has 0 saturated carbocycles. The SMILES string of the molecule is Cc1cccc(C2SCC(=O)N(CC(=O)NC(C)C(C)C)c3c2c(-c2ccccc2)nn3-c2cccc(C)c2C)c1. The summed E-state index contributed by atoms with van der Waals surface area (Å²) in [5, 5.41) is 8.18. The van der Waals surface area contributed by atoms with Crippen molar-refractivity contribution in [3.05, 3.63) is 101 Å². The molecule has 7 heteroatoms. The summed E-state index contributed by atoms with van der Waals surface area (Å²) in [6, 6.07) is 24.7. The number of aromatic nitrogens is 2. The first-order chi connectivity index (χ1) is 19.7. The number of carbonyl (C=O) groups excluding carboxylic acids is 2. The average Bonchev–Trinajstić information content (AvgIpc) is 3.27. The number of hydrogen-bond donors (Lipinski definition) is 1. The zero-order valence-corrected chi connectivity index (χ0v) is 25.5. The third kappa shape index (κ3) is 5.82. The van der Waals surface area contributed by atoms with Crippen LogP contribution in [0.5, 0.6) is 0 Å². The van der Waals surface area contributed by atoms with E-state index in [1.54, 1.807) is 16.7 Å². The molecular formula is C34H38N4O2S. The van der Waals surface area contributed by atoms with E-state index in [1.807, 2.05) is 41.9 Å². The van der Waals surface area contributed by atoms with Gasteiger partial charge in [0.15, 0.2) is 0 Å². The normalized spacial score (nSPS) is 15.9. The van der Waals surface area contributed by atoms with E-state index in [-0.39, 0.29) is 41.3 Å². The Morgan fingerprint density at radius 3 is 2.44 bits per heavy atom. The van der Waals surface area contributed by atoms with Gasteiger partial charge >= 0.3 is 0 Å². The van der Waals surface area contributed by atoms with Crippen LogP contribution < -0.4 is 10.2 Å². The molecule has 2 heterocycles. The van der Waals surface area contributed by atoms with Gasteiger partial charge in [0.2, 0.25) is 11.8 Å². The third-order valence-electron chi connectivity index (χ3n) is 7.98. The van der Waals surface area contributed by atoms with Gasteiger partial charge in [-0.1, -0.05) is 86.1 Å². The molecule has 0 bridgehead atoms. The Morgan fingerprint density at radius 1 is 1.00 bits per heavy atom. The molecule has 1 aromatic heterocycles. The van der Waals surface area contributed by atoms with Crippen LogP contribution in [0.4, 0.5) is 5.82 Å². The standard InChI is InChI=1S/C34H38N4O2S/c1-21(2)25(6)35-29(39)19-37-30(40)20-41-33(27-16-10-12-22(3)18-27)31-32(26-14-8-7-9-15-26)36-38(34(31)37)28-17-11-13-23(4)24(28)5/h7-18,21,25,33H,19-20H2,1-6H3,(H,35,39). The number of benzene rings is 3. The summed E-state index contributed by atoms with van der Waals surface area (Å²) in [4.78, 5) is 29.0. The maximum atomic E-state index is 13.9. The predicted octanol–water partition coefficient (Wildman–Crippen LogP) is 6.79. The summed E-state index contributed by atoms with van der Waals surface area (Å²) in [6.45, 7) is 12.3. The summed E-state index contributed by atoms with van der Waals surface area (Å²) < 4.78 is 1.89. The summed E-state index contributed by atoms with van der Waals surface area (Å²) in [5.74, 6) is 0.901. The quantitative estimate of drug-likeness (QED) is 0.267. The molecule has 41 heavy (non-hydrogen) atoms. The fraction of sp³-hybridized carbons (Fsp3) is 0.324. The Labute approximate surface area is 247 Å². The van der Waals surface area contributed by atoms with E-state index in [0.717, 1.165) is 44.8 Å². The lowest BCUT2D eigenvalue weighted by molar-refractivity contribution is -0.123. The molecule has 0 aliphatic carbocycles. The maximum Gasteiger partial charge on any atom is 0.240 e. The topological polar surface area (TPSA) is 67.2 Å². The Morgan fingerprint density at radius 2 is 1.73 bits per heavy atom. The zero-order chi connectivity index (χ0) is 29.3. The lowest BCUT2D eigenvalue weighted by Gasteiger charge is -2.25. The Kier molecular flexibility index (Phi) is 8.36. The van der Waals surface area contributed by atoms with Crippen molar-refractivity contribution in [1.82, 2.24) is 15.1 Å². The first-order valence-corrected chi connectivity index (χ1v) is 15.2. The largest absolute Gasteiger partial charge is 0.352 e. The number of carbonyl (C=O) groups is 2. The highest BCUT2D eigenvalue weighted by molar-refractivity contribution is 8.00. The minimum atomic E-state index is -0.181. The number of thioether (sulfide) groups is 1. The maximum absolute atomic E-state index is 13.9. The van der Waals surface area contributed by atoms with Gasteiger partial charge in [-0.2, -0.15) is 5.10 Å². The van der Waals surface area contributed by atoms with E-state index in [4.69, 9.17) is 5.10 Å². The van der Waals surface area contributed by atoms with Crippen LogP contribution >= 0.6 is 11.8 Å². The van der Waals surface area contributed by atoms with Crippen LogP contribution in [0.2, 0.25) is 0 Å². The zero-order valence-electron chi connectivity index (χ0n) is 24.6. The van der Waals surface area contributed by atoms with E-state index in [0.29, 0.717) is 5.82 Å². The monoisotopic (exact) mass is 566 g/mol. The highest BCUT2D eigenvalue weighted by Gasteiger charge is 2.38. The van der Waals surface area contributed by atoms with Crippen molar-refractivity contribution in [2.45, 2.75) is 52.8 Å². The molecule has 2 amide bonds. The fourth-order valence-corrected chi connectivity index (χ4v) is 6.36. The Bertz CT molecular complexity index is 1580. The minimum absolute atomic E-state index is 0.0118. The Hall–Kier alpha value is -3.84. The molecule has 1 aliphatic rings. The molecule has 4 aromatic rings. The molecule has 0 spiro atoms. The second-order valence-electron chi connectivity index (χ2n) is 11.3.